The van der Waals surface area contributed by atoms with Crippen LogP contribution in [-0.4, -0.2) is 31.3 Å². The Morgan fingerprint density at radius 1 is 1.03 bits per heavy atom. The fraction of sp³-hybridized carbons (Fsp3) is 0.400. The van der Waals surface area contributed by atoms with Gasteiger partial charge in [0.05, 0.1) is 5.69 Å². The maximum Gasteiger partial charge on any atom is 0.253 e. The van der Waals surface area contributed by atoms with Crippen molar-refractivity contribution in [2.45, 2.75) is 39.2 Å². The molecule has 1 saturated carbocycles. The molecule has 2 N–H and O–H groups in total. The monoisotopic (exact) mass is 419 g/mol. The van der Waals surface area contributed by atoms with E-state index in [0.29, 0.717) is 25.3 Å². The lowest BCUT2D eigenvalue weighted by molar-refractivity contribution is -0.151. The SMILES string of the molecule is CC(C)CNC(=O)C1(C(=O)N[C@@H]2C(=O)N(C)c3ccccc3-c3ccccc32)CCC1. The zero-order valence-electron chi connectivity index (χ0n) is 18.3. The minimum atomic E-state index is -1.10. The van der Waals surface area contributed by atoms with Crippen LogP contribution < -0.4 is 15.5 Å². The van der Waals surface area contributed by atoms with E-state index in [1.165, 1.54) is 0 Å². The number of rotatable bonds is 5. The number of hydrogen-bond donors (Lipinski definition) is 2. The number of carbonyl (C=O) groups is 3. The van der Waals surface area contributed by atoms with Gasteiger partial charge in [-0.15, -0.1) is 0 Å². The highest BCUT2D eigenvalue weighted by Gasteiger charge is 2.52. The highest BCUT2D eigenvalue weighted by molar-refractivity contribution is 6.10. The first kappa shape index (κ1) is 21.1. The summed E-state index contributed by atoms with van der Waals surface area (Å²) in [6.45, 7) is 4.56. The molecule has 0 aromatic heterocycles. The second kappa shape index (κ2) is 8.17. The van der Waals surface area contributed by atoms with Gasteiger partial charge in [-0.2, -0.15) is 0 Å². The number of nitrogens with zero attached hydrogens (tertiary/aromatic N) is 1. The third-order valence-corrected chi connectivity index (χ3v) is 6.43. The van der Waals surface area contributed by atoms with Gasteiger partial charge in [-0.25, -0.2) is 0 Å². The van der Waals surface area contributed by atoms with E-state index in [0.717, 1.165) is 28.8 Å². The van der Waals surface area contributed by atoms with Gasteiger partial charge in [-0.3, -0.25) is 14.4 Å². The summed E-state index contributed by atoms with van der Waals surface area (Å²) in [5.74, 6) is -0.530. The predicted molar refractivity (Wildman–Crippen MR) is 120 cm³/mol. The third kappa shape index (κ3) is 3.60. The van der Waals surface area contributed by atoms with E-state index >= 15 is 0 Å². The number of anilines is 1. The Kier molecular flexibility index (Phi) is 5.56. The number of likely N-dealkylation sites (N-methyl/N-ethyl adjacent to an activating group) is 1. The fourth-order valence-corrected chi connectivity index (χ4v) is 4.40. The van der Waals surface area contributed by atoms with E-state index < -0.39 is 11.5 Å². The van der Waals surface area contributed by atoms with Crippen LogP contribution in [0.2, 0.25) is 0 Å². The Balaban J connectivity index is 1.67. The average Bonchev–Trinajstić information content (AvgIpc) is 2.81. The Bertz CT molecular complexity index is 1030. The first-order valence-electron chi connectivity index (χ1n) is 10.9. The van der Waals surface area contributed by atoms with Crippen LogP contribution in [0.5, 0.6) is 0 Å². The van der Waals surface area contributed by atoms with Gasteiger partial charge in [0, 0.05) is 19.2 Å². The van der Waals surface area contributed by atoms with Crippen LogP contribution in [0.1, 0.15) is 44.7 Å². The number of benzene rings is 2. The van der Waals surface area contributed by atoms with Crippen molar-refractivity contribution >= 4 is 23.4 Å². The molecule has 31 heavy (non-hydrogen) atoms. The van der Waals surface area contributed by atoms with E-state index in [-0.39, 0.29) is 17.7 Å². The lowest BCUT2D eigenvalue weighted by atomic mass is 9.67. The van der Waals surface area contributed by atoms with E-state index in [1.54, 1.807) is 11.9 Å². The first-order valence-corrected chi connectivity index (χ1v) is 10.9. The van der Waals surface area contributed by atoms with Gasteiger partial charge in [0.1, 0.15) is 11.5 Å². The minimum Gasteiger partial charge on any atom is -0.355 e. The van der Waals surface area contributed by atoms with Crippen molar-refractivity contribution in [1.82, 2.24) is 10.6 Å². The average molecular weight is 420 g/mol. The predicted octanol–water partition coefficient (Wildman–Crippen LogP) is 3.43. The van der Waals surface area contributed by atoms with Crippen molar-refractivity contribution in [1.29, 1.82) is 0 Å². The minimum absolute atomic E-state index is 0.220. The molecule has 0 spiro atoms. The third-order valence-electron chi connectivity index (χ3n) is 6.43. The molecule has 3 amide bonds. The van der Waals surface area contributed by atoms with Crippen molar-refractivity contribution in [2.75, 3.05) is 18.5 Å². The molecule has 1 fully saturated rings. The largest absolute Gasteiger partial charge is 0.355 e. The van der Waals surface area contributed by atoms with Gasteiger partial charge >= 0.3 is 0 Å². The first-order chi connectivity index (χ1) is 14.8. The summed E-state index contributed by atoms with van der Waals surface area (Å²) >= 11 is 0. The molecular formula is C25H29N3O3. The zero-order chi connectivity index (χ0) is 22.2. The maximum absolute atomic E-state index is 13.4. The standard InChI is InChI=1S/C25H29N3O3/c1-16(2)15-26-23(30)25(13-8-14-25)24(31)27-21-19-11-5-4-9-17(19)18-10-6-7-12-20(18)28(3)22(21)29/h4-7,9-12,16,21H,8,13-15H2,1-3H3,(H,26,30)(H,27,31)/t21-/m0/s1. The summed E-state index contributed by atoms with van der Waals surface area (Å²) in [6.07, 6.45) is 1.83. The molecule has 1 heterocycles. The van der Waals surface area contributed by atoms with Crippen molar-refractivity contribution in [2.24, 2.45) is 11.3 Å². The Hall–Kier alpha value is -3.15. The smallest absolute Gasteiger partial charge is 0.253 e. The van der Waals surface area contributed by atoms with Crippen LogP contribution in [-0.2, 0) is 14.4 Å². The second-order valence-corrected chi connectivity index (χ2v) is 8.95. The van der Waals surface area contributed by atoms with Crippen LogP contribution in [0, 0.1) is 11.3 Å². The number of hydrogen-bond acceptors (Lipinski definition) is 3. The zero-order valence-corrected chi connectivity index (χ0v) is 18.3. The summed E-state index contributed by atoms with van der Waals surface area (Å²) in [4.78, 5) is 41.3. The Morgan fingerprint density at radius 2 is 1.68 bits per heavy atom. The number of carbonyl (C=O) groups excluding carboxylic acids is 3. The highest BCUT2D eigenvalue weighted by atomic mass is 16.2. The number of nitrogens with one attached hydrogen (secondary N) is 2. The molecule has 4 rings (SSSR count). The molecule has 0 radical (unpaired) electrons. The molecule has 0 unspecified atom stereocenters. The van der Waals surface area contributed by atoms with Crippen LogP contribution in [0.3, 0.4) is 0 Å². The van der Waals surface area contributed by atoms with Crippen LogP contribution >= 0.6 is 0 Å². The number of fused-ring (bicyclic) bond motifs is 3. The molecule has 162 valence electrons. The quantitative estimate of drug-likeness (QED) is 0.729. The maximum atomic E-state index is 13.4. The molecule has 2 aromatic carbocycles. The summed E-state index contributed by atoms with van der Waals surface area (Å²) < 4.78 is 0. The molecule has 0 saturated heterocycles. The summed E-state index contributed by atoms with van der Waals surface area (Å²) in [5.41, 5.74) is 2.30. The van der Waals surface area contributed by atoms with E-state index in [9.17, 15) is 14.4 Å². The van der Waals surface area contributed by atoms with Crippen molar-refractivity contribution < 1.29 is 14.4 Å². The van der Waals surface area contributed by atoms with Gasteiger partial charge in [-0.1, -0.05) is 62.7 Å². The summed E-state index contributed by atoms with van der Waals surface area (Å²) in [6, 6.07) is 14.5. The molecule has 6 heteroatoms. The van der Waals surface area contributed by atoms with Crippen LogP contribution in [0.4, 0.5) is 5.69 Å². The van der Waals surface area contributed by atoms with Crippen LogP contribution in [0.25, 0.3) is 11.1 Å². The Morgan fingerprint density at radius 3 is 2.32 bits per heavy atom. The normalized spacial score (nSPS) is 19.0. The summed E-state index contributed by atoms with van der Waals surface area (Å²) in [5, 5.41) is 5.86. The lowest BCUT2D eigenvalue weighted by Crippen LogP contribution is -2.57. The van der Waals surface area contributed by atoms with Crippen LogP contribution in [0.15, 0.2) is 48.5 Å². The highest BCUT2D eigenvalue weighted by Crippen LogP contribution is 2.44. The molecular weight excluding hydrogens is 390 g/mol. The van der Waals surface area contributed by atoms with Gasteiger partial charge in [0.25, 0.3) is 5.91 Å². The van der Waals surface area contributed by atoms with E-state index in [4.69, 9.17) is 0 Å². The number of amides is 3. The molecule has 0 bridgehead atoms. The van der Waals surface area contributed by atoms with Crippen molar-refractivity contribution in [3.05, 3.63) is 54.1 Å². The Labute approximate surface area is 183 Å². The van der Waals surface area contributed by atoms with Gasteiger partial charge in [0.2, 0.25) is 11.8 Å². The topological polar surface area (TPSA) is 78.5 Å². The molecule has 1 atom stereocenters. The molecule has 1 aliphatic carbocycles. The molecule has 2 aromatic rings. The molecule has 6 nitrogen and oxygen atoms in total. The lowest BCUT2D eigenvalue weighted by Gasteiger charge is -2.39. The second-order valence-electron chi connectivity index (χ2n) is 8.95. The molecule has 1 aliphatic heterocycles. The van der Waals surface area contributed by atoms with Gasteiger partial charge in [-0.05, 0) is 36.0 Å². The summed E-state index contributed by atoms with van der Waals surface area (Å²) in [7, 11) is 1.72. The number of para-hydroxylation sites is 1. The molecule has 2 aliphatic rings. The van der Waals surface area contributed by atoms with Gasteiger partial charge < -0.3 is 15.5 Å². The van der Waals surface area contributed by atoms with E-state index in [1.807, 2.05) is 62.4 Å². The van der Waals surface area contributed by atoms with Crippen molar-refractivity contribution in [3.8, 4) is 11.1 Å². The van der Waals surface area contributed by atoms with Crippen molar-refractivity contribution in [3.63, 3.8) is 0 Å². The van der Waals surface area contributed by atoms with E-state index in [2.05, 4.69) is 10.6 Å². The fourth-order valence-electron chi connectivity index (χ4n) is 4.40. The van der Waals surface area contributed by atoms with Gasteiger partial charge in [0.15, 0.2) is 0 Å².